The number of pyridine rings is 1. The van der Waals surface area contributed by atoms with E-state index in [0.29, 0.717) is 41.6 Å². The molecule has 2 aromatic heterocycles. The molecule has 0 radical (unpaired) electrons. The van der Waals surface area contributed by atoms with Crippen LogP contribution in [0.1, 0.15) is 20.8 Å². The molecule has 32 heavy (non-hydrogen) atoms. The van der Waals surface area contributed by atoms with E-state index in [4.69, 9.17) is 16.3 Å². The lowest BCUT2D eigenvalue weighted by molar-refractivity contribution is 0.0746. The Morgan fingerprint density at radius 3 is 2.72 bits per heavy atom. The lowest BCUT2D eigenvalue weighted by Gasteiger charge is -2.46. The van der Waals surface area contributed by atoms with Gasteiger partial charge in [-0.15, -0.1) is 0 Å². The second kappa shape index (κ2) is 8.16. The van der Waals surface area contributed by atoms with Crippen LogP contribution in [0.3, 0.4) is 0 Å². The van der Waals surface area contributed by atoms with Gasteiger partial charge in [-0.25, -0.2) is 14.2 Å². The summed E-state index contributed by atoms with van der Waals surface area (Å²) in [6.45, 7) is 7.57. The zero-order valence-corrected chi connectivity index (χ0v) is 19.2. The van der Waals surface area contributed by atoms with Crippen molar-refractivity contribution in [2.24, 2.45) is 5.41 Å². The molecule has 170 valence electrons. The van der Waals surface area contributed by atoms with E-state index in [2.05, 4.69) is 9.88 Å². The summed E-state index contributed by atoms with van der Waals surface area (Å²) >= 11 is 6.60. The number of imidazole rings is 1. The number of aromatic nitrogens is 2. The smallest absolute Gasteiger partial charge is 0.407 e. The first-order chi connectivity index (χ1) is 15.1. The number of piperazine rings is 1. The molecule has 1 N–H and O–H groups in total. The number of carbonyl (C=O) groups is 1. The minimum atomic E-state index is -0.908. The van der Waals surface area contributed by atoms with Crippen LogP contribution >= 0.6 is 11.6 Å². The van der Waals surface area contributed by atoms with Crippen molar-refractivity contribution in [2.45, 2.75) is 26.8 Å². The minimum Gasteiger partial charge on any atom is -0.496 e. The normalized spacial score (nSPS) is 17.1. The second-order valence-electron chi connectivity index (χ2n) is 9.00. The number of ether oxygens (including phenoxy) is 1. The molecular weight excluding hydrogens is 435 g/mol. The Labute approximate surface area is 191 Å². The third-order valence-corrected chi connectivity index (χ3v) is 6.29. The third kappa shape index (κ3) is 3.83. The van der Waals surface area contributed by atoms with Gasteiger partial charge < -0.3 is 19.6 Å². The molecule has 1 aliphatic rings. The zero-order valence-electron chi connectivity index (χ0n) is 18.5. The number of halogens is 2. The van der Waals surface area contributed by atoms with Crippen molar-refractivity contribution in [1.29, 1.82) is 0 Å². The van der Waals surface area contributed by atoms with Gasteiger partial charge in [-0.05, 0) is 23.6 Å². The number of hydrogen-bond acceptors (Lipinski definition) is 4. The number of hydrogen-bond donors (Lipinski definition) is 1. The van der Waals surface area contributed by atoms with Crippen molar-refractivity contribution in [3.8, 4) is 16.9 Å². The van der Waals surface area contributed by atoms with Gasteiger partial charge in [0.25, 0.3) is 0 Å². The van der Waals surface area contributed by atoms with Crippen LogP contribution in [-0.4, -0.2) is 58.3 Å². The molecule has 1 fully saturated rings. The van der Waals surface area contributed by atoms with E-state index in [1.54, 1.807) is 30.6 Å². The van der Waals surface area contributed by atoms with Gasteiger partial charge in [0.05, 0.1) is 29.9 Å². The molecule has 0 saturated carbocycles. The summed E-state index contributed by atoms with van der Waals surface area (Å²) in [5, 5.41) is 9.99. The first kappa shape index (κ1) is 22.2. The summed E-state index contributed by atoms with van der Waals surface area (Å²) in [5.74, 6) is 0.772. The predicted molar refractivity (Wildman–Crippen MR) is 122 cm³/mol. The Bertz CT molecular complexity index is 1170. The van der Waals surface area contributed by atoms with Crippen LogP contribution in [0.25, 0.3) is 16.8 Å². The second-order valence-corrected chi connectivity index (χ2v) is 9.41. The SMILES string of the molecule is COc1cccc(F)c1-c1cc2ncc(N3CCN(C(=O)O)C(C(C)(C)C)C3)n2cc1Cl. The molecule has 3 heterocycles. The fourth-order valence-corrected chi connectivity index (χ4v) is 4.56. The number of nitrogens with zero attached hydrogens (tertiary/aromatic N) is 4. The first-order valence-corrected chi connectivity index (χ1v) is 10.7. The van der Waals surface area contributed by atoms with E-state index in [9.17, 15) is 14.3 Å². The number of benzene rings is 1. The Balaban J connectivity index is 1.74. The zero-order chi connectivity index (χ0) is 23.2. The topological polar surface area (TPSA) is 70.3 Å². The maximum atomic E-state index is 14.6. The molecule has 1 aliphatic heterocycles. The van der Waals surface area contributed by atoms with Crippen molar-refractivity contribution in [3.05, 3.63) is 47.5 Å². The maximum absolute atomic E-state index is 14.6. The maximum Gasteiger partial charge on any atom is 0.407 e. The Hall–Kier alpha value is -3.00. The van der Waals surface area contributed by atoms with E-state index in [-0.39, 0.29) is 17.0 Å². The highest BCUT2D eigenvalue weighted by Crippen LogP contribution is 2.38. The van der Waals surface area contributed by atoms with Crippen LogP contribution in [0, 0.1) is 11.2 Å². The highest BCUT2D eigenvalue weighted by molar-refractivity contribution is 6.33. The average Bonchev–Trinajstić information content (AvgIpc) is 3.14. The van der Waals surface area contributed by atoms with E-state index in [1.807, 2.05) is 25.2 Å². The number of rotatable bonds is 3. The van der Waals surface area contributed by atoms with Gasteiger partial charge in [0, 0.05) is 31.4 Å². The van der Waals surface area contributed by atoms with Crippen LogP contribution in [0.15, 0.2) is 36.7 Å². The lowest BCUT2D eigenvalue weighted by Crippen LogP contribution is -2.59. The first-order valence-electron chi connectivity index (χ1n) is 10.4. The molecule has 3 aromatic rings. The molecule has 7 nitrogen and oxygen atoms in total. The van der Waals surface area contributed by atoms with Crippen LogP contribution in [-0.2, 0) is 0 Å². The highest BCUT2D eigenvalue weighted by atomic mass is 35.5. The summed E-state index contributed by atoms with van der Waals surface area (Å²) in [6.07, 6.45) is 2.55. The fraction of sp³-hybridized carbons (Fsp3) is 0.391. The fourth-order valence-electron chi connectivity index (χ4n) is 4.31. The molecule has 0 bridgehead atoms. The molecule has 1 saturated heterocycles. The lowest BCUT2D eigenvalue weighted by atomic mass is 9.84. The van der Waals surface area contributed by atoms with E-state index >= 15 is 0 Å². The van der Waals surface area contributed by atoms with Gasteiger partial charge in [0.2, 0.25) is 0 Å². The van der Waals surface area contributed by atoms with Gasteiger partial charge in [-0.2, -0.15) is 0 Å². The van der Waals surface area contributed by atoms with E-state index in [1.165, 1.54) is 18.1 Å². The van der Waals surface area contributed by atoms with Gasteiger partial charge in [-0.1, -0.05) is 38.4 Å². The Kier molecular flexibility index (Phi) is 5.67. The highest BCUT2D eigenvalue weighted by Gasteiger charge is 2.38. The summed E-state index contributed by atoms with van der Waals surface area (Å²) in [7, 11) is 1.49. The molecule has 0 spiro atoms. The average molecular weight is 461 g/mol. The van der Waals surface area contributed by atoms with Crippen molar-refractivity contribution >= 4 is 29.2 Å². The van der Waals surface area contributed by atoms with Crippen LogP contribution < -0.4 is 9.64 Å². The number of methoxy groups -OCH3 is 1. The summed E-state index contributed by atoms with van der Waals surface area (Å²) in [4.78, 5) is 19.9. The molecule has 0 aliphatic carbocycles. The molecule has 1 unspecified atom stereocenters. The number of amides is 1. The van der Waals surface area contributed by atoms with Gasteiger partial charge in [0.15, 0.2) is 0 Å². The number of carboxylic acid groups (broad SMARTS) is 1. The largest absolute Gasteiger partial charge is 0.496 e. The quantitative estimate of drug-likeness (QED) is 0.594. The van der Waals surface area contributed by atoms with Crippen molar-refractivity contribution in [2.75, 3.05) is 31.6 Å². The monoisotopic (exact) mass is 460 g/mol. The number of anilines is 1. The Morgan fingerprint density at radius 1 is 1.31 bits per heavy atom. The van der Waals surface area contributed by atoms with Crippen molar-refractivity contribution < 1.29 is 19.0 Å². The van der Waals surface area contributed by atoms with Crippen LogP contribution in [0.4, 0.5) is 15.0 Å². The molecule has 1 amide bonds. The summed E-state index contributed by atoms with van der Waals surface area (Å²) < 4.78 is 21.8. The van der Waals surface area contributed by atoms with Gasteiger partial charge in [-0.3, -0.25) is 4.40 Å². The standard InChI is InChI=1S/C23H26ClFN4O3/c1-23(2,3)18-13-27(8-9-28(18)22(30)31)20-11-26-19-10-14(15(24)12-29(19)20)21-16(25)6-5-7-17(21)32-4/h5-7,10-12,18H,8-9,13H2,1-4H3,(H,30,31). The summed E-state index contributed by atoms with van der Waals surface area (Å²) in [5.41, 5.74) is 1.16. The van der Waals surface area contributed by atoms with Crippen molar-refractivity contribution in [3.63, 3.8) is 0 Å². The number of fused-ring (bicyclic) bond motifs is 1. The van der Waals surface area contributed by atoms with Crippen LogP contribution in [0.5, 0.6) is 5.75 Å². The Morgan fingerprint density at radius 2 is 2.06 bits per heavy atom. The molecule has 9 heteroatoms. The predicted octanol–water partition coefficient (Wildman–Crippen LogP) is 5.02. The van der Waals surface area contributed by atoms with Crippen LogP contribution in [0.2, 0.25) is 5.02 Å². The molecule has 1 aromatic carbocycles. The van der Waals surface area contributed by atoms with Gasteiger partial charge in [0.1, 0.15) is 23.0 Å². The summed E-state index contributed by atoms with van der Waals surface area (Å²) in [6, 6.07) is 6.19. The third-order valence-electron chi connectivity index (χ3n) is 5.99. The minimum absolute atomic E-state index is 0.184. The van der Waals surface area contributed by atoms with E-state index in [0.717, 1.165) is 5.82 Å². The molecule has 1 atom stereocenters. The molecule has 4 rings (SSSR count). The van der Waals surface area contributed by atoms with Gasteiger partial charge >= 0.3 is 6.09 Å². The molecular formula is C23H26ClFN4O3. The van der Waals surface area contributed by atoms with Crippen molar-refractivity contribution in [1.82, 2.24) is 14.3 Å². The van der Waals surface area contributed by atoms with E-state index < -0.39 is 11.9 Å².